The normalized spacial score (nSPS) is 13.7. The molecule has 0 N–H and O–H groups in total. The molecule has 0 aliphatic rings. The van der Waals surface area contributed by atoms with Gasteiger partial charge in [-0.3, -0.25) is 0 Å². The number of nitrogens with zero attached hydrogens (tertiary/aromatic N) is 5. The highest BCUT2D eigenvalue weighted by molar-refractivity contribution is 7.99. The molecule has 0 saturated carbocycles. The zero-order valence-corrected chi connectivity index (χ0v) is 18.8. The molecule has 0 aliphatic heterocycles. The molecule has 0 unspecified atom stereocenters. The van der Waals surface area contributed by atoms with E-state index in [0.29, 0.717) is 11.7 Å². The van der Waals surface area contributed by atoms with Gasteiger partial charge in [0.15, 0.2) is 16.8 Å². The molecule has 0 amide bonds. The van der Waals surface area contributed by atoms with Crippen LogP contribution >= 0.6 is 11.8 Å². The van der Waals surface area contributed by atoms with Crippen LogP contribution in [0.25, 0.3) is 11.4 Å². The predicted octanol–water partition coefficient (Wildman–Crippen LogP) is 5.31. The number of thioether (sulfide) groups is 1. The van der Waals surface area contributed by atoms with E-state index in [-0.39, 0.29) is 16.1 Å². The van der Waals surface area contributed by atoms with Crippen LogP contribution in [0.2, 0.25) is 0 Å². The molecule has 0 spiro atoms. The first-order valence-corrected chi connectivity index (χ1v) is 10.4. The zero-order valence-electron chi connectivity index (χ0n) is 17.9. The molecule has 0 saturated heterocycles. The van der Waals surface area contributed by atoms with E-state index in [0.717, 1.165) is 16.5 Å². The fourth-order valence-electron chi connectivity index (χ4n) is 2.70. The summed E-state index contributed by atoms with van der Waals surface area (Å²) in [4.78, 5) is 4.55. The molecule has 7 heteroatoms. The van der Waals surface area contributed by atoms with Crippen molar-refractivity contribution < 1.29 is 4.52 Å². The minimum absolute atomic E-state index is 0.0115. The van der Waals surface area contributed by atoms with Crippen molar-refractivity contribution in [1.82, 2.24) is 24.9 Å². The van der Waals surface area contributed by atoms with Gasteiger partial charge in [-0.15, -0.1) is 10.2 Å². The monoisotopic (exact) mass is 399 g/mol. The van der Waals surface area contributed by atoms with Gasteiger partial charge in [0.1, 0.15) is 0 Å². The summed E-state index contributed by atoms with van der Waals surface area (Å²) in [6, 6.07) is 8.53. The molecular formula is C21H29N5OS. The Labute approximate surface area is 171 Å². The van der Waals surface area contributed by atoms with Gasteiger partial charge in [-0.2, -0.15) is 4.98 Å². The topological polar surface area (TPSA) is 69.6 Å². The summed E-state index contributed by atoms with van der Waals surface area (Å²) < 4.78 is 7.47. The molecule has 150 valence electrons. The molecule has 3 aromatic rings. The molecule has 0 radical (unpaired) electrons. The summed E-state index contributed by atoms with van der Waals surface area (Å²) in [5.41, 5.74) is 2.34. The number of hydrogen-bond donors (Lipinski definition) is 0. The van der Waals surface area contributed by atoms with Gasteiger partial charge in [0.2, 0.25) is 5.89 Å². The SMILES string of the molecule is C[C@H](Sc1nnc(-c2ccc(C(C)(C)C)cc2)n1C)c1nc(C(C)(C)C)no1. The van der Waals surface area contributed by atoms with E-state index in [2.05, 4.69) is 86.1 Å². The van der Waals surface area contributed by atoms with E-state index in [9.17, 15) is 0 Å². The van der Waals surface area contributed by atoms with Gasteiger partial charge < -0.3 is 9.09 Å². The van der Waals surface area contributed by atoms with Crippen molar-refractivity contribution in [1.29, 1.82) is 0 Å². The standard InChI is InChI=1S/C21H29N5OS/c1-13(17-22-18(25-27-17)21(5,6)7)28-19-24-23-16(26(19)8)14-9-11-15(12-10-14)20(2,3)4/h9-13H,1-8H3/t13-/m0/s1. The van der Waals surface area contributed by atoms with E-state index in [1.54, 1.807) is 11.8 Å². The Morgan fingerprint density at radius 2 is 1.61 bits per heavy atom. The molecule has 28 heavy (non-hydrogen) atoms. The van der Waals surface area contributed by atoms with E-state index >= 15 is 0 Å². The van der Waals surface area contributed by atoms with Crippen LogP contribution in [0.3, 0.4) is 0 Å². The minimum atomic E-state index is -0.136. The summed E-state index contributed by atoms with van der Waals surface area (Å²) in [5, 5.41) is 13.7. The molecule has 3 rings (SSSR count). The second kappa shape index (κ2) is 7.35. The maximum Gasteiger partial charge on any atom is 0.239 e. The Bertz CT molecular complexity index is 945. The van der Waals surface area contributed by atoms with Gasteiger partial charge in [-0.05, 0) is 17.9 Å². The van der Waals surface area contributed by atoms with Crippen LogP contribution in [0.5, 0.6) is 0 Å². The maximum absolute atomic E-state index is 5.46. The first kappa shape index (κ1) is 20.6. The second-order valence-electron chi connectivity index (χ2n) is 9.16. The van der Waals surface area contributed by atoms with Gasteiger partial charge in [0.25, 0.3) is 0 Å². The van der Waals surface area contributed by atoms with Crippen molar-refractivity contribution in [2.45, 2.75) is 69.7 Å². The Morgan fingerprint density at radius 1 is 0.964 bits per heavy atom. The summed E-state index contributed by atoms with van der Waals surface area (Å²) in [6.07, 6.45) is 0. The summed E-state index contributed by atoms with van der Waals surface area (Å²) in [7, 11) is 1.98. The largest absolute Gasteiger partial charge is 0.338 e. The molecule has 0 bridgehead atoms. The quantitative estimate of drug-likeness (QED) is 0.554. The molecule has 6 nitrogen and oxygen atoms in total. The van der Waals surface area contributed by atoms with Crippen molar-refractivity contribution >= 4 is 11.8 Å². The Morgan fingerprint density at radius 3 is 2.14 bits per heavy atom. The van der Waals surface area contributed by atoms with Gasteiger partial charge in [-0.25, -0.2) is 0 Å². The fraction of sp³-hybridized carbons (Fsp3) is 0.524. The summed E-state index contributed by atoms with van der Waals surface area (Å²) in [6.45, 7) is 14.9. The Balaban J connectivity index is 1.78. The molecule has 0 fully saturated rings. The summed E-state index contributed by atoms with van der Waals surface area (Å²) in [5.74, 6) is 2.16. The molecule has 2 heterocycles. The highest BCUT2D eigenvalue weighted by Gasteiger charge is 2.25. The third-order valence-corrected chi connectivity index (χ3v) is 5.71. The van der Waals surface area contributed by atoms with E-state index in [4.69, 9.17) is 4.52 Å². The average Bonchev–Trinajstić information content (AvgIpc) is 3.22. The second-order valence-corrected chi connectivity index (χ2v) is 10.5. The lowest BCUT2D eigenvalue weighted by Gasteiger charge is -2.19. The number of hydrogen-bond acceptors (Lipinski definition) is 6. The van der Waals surface area contributed by atoms with Gasteiger partial charge in [-0.1, -0.05) is 82.7 Å². The van der Waals surface area contributed by atoms with E-state index in [1.807, 2.05) is 18.5 Å². The Kier molecular flexibility index (Phi) is 5.40. The van der Waals surface area contributed by atoms with Crippen LogP contribution in [-0.4, -0.2) is 24.9 Å². The highest BCUT2D eigenvalue weighted by atomic mass is 32.2. The van der Waals surface area contributed by atoms with Crippen molar-refractivity contribution in [3.8, 4) is 11.4 Å². The van der Waals surface area contributed by atoms with Crippen LogP contribution in [0.4, 0.5) is 0 Å². The van der Waals surface area contributed by atoms with Crippen LogP contribution in [0.1, 0.15) is 71.0 Å². The smallest absolute Gasteiger partial charge is 0.239 e. The van der Waals surface area contributed by atoms with Gasteiger partial charge in [0.05, 0.1) is 5.25 Å². The lowest BCUT2D eigenvalue weighted by Crippen LogP contribution is -2.13. The van der Waals surface area contributed by atoms with E-state index < -0.39 is 0 Å². The highest BCUT2D eigenvalue weighted by Crippen LogP contribution is 2.35. The van der Waals surface area contributed by atoms with Crippen molar-refractivity contribution in [3.05, 3.63) is 41.5 Å². The number of aromatic nitrogens is 5. The molecule has 0 aliphatic carbocycles. The van der Waals surface area contributed by atoms with Crippen LogP contribution in [-0.2, 0) is 17.9 Å². The third kappa shape index (κ3) is 4.29. The molecule has 1 atom stereocenters. The maximum atomic E-state index is 5.46. The van der Waals surface area contributed by atoms with Crippen LogP contribution in [0, 0.1) is 0 Å². The number of benzene rings is 1. The van der Waals surface area contributed by atoms with Crippen molar-refractivity contribution in [3.63, 3.8) is 0 Å². The fourth-order valence-corrected chi connectivity index (χ4v) is 3.55. The van der Waals surface area contributed by atoms with Crippen molar-refractivity contribution in [2.24, 2.45) is 7.05 Å². The third-order valence-electron chi connectivity index (χ3n) is 4.59. The molecular weight excluding hydrogens is 370 g/mol. The van der Waals surface area contributed by atoms with Crippen LogP contribution in [0.15, 0.2) is 33.9 Å². The van der Waals surface area contributed by atoms with Gasteiger partial charge >= 0.3 is 0 Å². The zero-order chi connectivity index (χ0) is 20.7. The lowest BCUT2D eigenvalue weighted by atomic mass is 9.87. The number of rotatable bonds is 4. The minimum Gasteiger partial charge on any atom is -0.338 e. The average molecular weight is 400 g/mol. The summed E-state index contributed by atoms with van der Waals surface area (Å²) >= 11 is 1.56. The van der Waals surface area contributed by atoms with Gasteiger partial charge in [0, 0.05) is 18.0 Å². The molecule has 1 aromatic carbocycles. The first-order valence-electron chi connectivity index (χ1n) is 9.48. The Hall–Kier alpha value is -2.15. The first-order chi connectivity index (χ1) is 13.0. The predicted molar refractivity (Wildman–Crippen MR) is 112 cm³/mol. The molecule has 2 aromatic heterocycles. The van der Waals surface area contributed by atoms with Crippen molar-refractivity contribution in [2.75, 3.05) is 0 Å². The van der Waals surface area contributed by atoms with Crippen LogP contribution < -0.4 is 0 Å². The lowest BCUT2D eigenvalue weighted by molar-refractivity contribution is 0.364. The van der Waals surface area contributed by atoms with E-state index in [1.165, 1.54) is 5.56 Å².